The highest BCUT2D eigenvalue weighted by Gasteiger charge is 2.34. The molecule has 1 N–H and O–H groups in total. The first kappa shape index (κ1) is 19.0. The van der Waals surface area contributed by atoms with Gasteiger partial charge in [0.15, 0.2) is 0 Å². The highest BCUT2D eigenvalue weighted by atomic mass is 19.1. The second-order valence-electron chi connectivity index (χ2n) is 9.38. The highest BCUT2D eigenvalue weighted by molar-refractivity contribution is 5.86. The standard InChI is InChI=1S/C27H27FN2O/c28-25-14-13-21(23-3-1-2-4-24(23)25)17-7-9-19(10-8-17)27(31)26-22(18-5-6-18)12-11-20-15-29-16-30(20)26/h1-4,11-19,27,31H,5-10H2/t17?,19?,27-/m1/s1. The van der Waals surface area contributed by atoms with Gasteiger partial charge >= 0.3 is 0 Å². The Bertz CT molecular complexity index is 1250. The third-order valence-electron chi connectivity index (χ3n) is 7.52. The van der Waals surface area contributed by atoms with Crippen LogP contribution in [-0.2, 0) is 0 Å². The Morgan fingerprint density at radius 2 is 1.52 bits per heavy atom. The molecule has 2 aliphatic rings. The summed E-state index contributed by atoms with van der Waals surface area (Å²) in [5, 5.41) is 13.2. The average Bonchev–Trinajstić information content (AvgIpc) is 3.55. The van der Waals surface area contributed by atoms with E-state index in [2.05, 4.69) is 21.5 Å². The lowest BCUT2D eigenvalue weighted by atomic mass is 9.74. The molecular weight excluding hydrogens is 387 g/mol. The van der Waals surface area contributed by atoms with Crippen LogP contribution < -0.4 is 0 Å². The van der Waals surface area contributed by atoms with E-state index in [-0.39, 0.29) is 11.7 Å². The molecule has 0 spiro atoms. The molecule has 0 unspecified atom stereocenters. The van der Waals surface area contributed by atoms with E-state index in [1.54, 1.807) is 6.07 Å². The number of halogens is 1. The zero-order chi connectivity index (χ0) is 20.9. The Kier molecular flexibility index (Phi) is 4.57. The Hall–Kier alpha value is -2.72. The number of aliphatic hydroxyl groups excluding tert-OH is 1. The molecule has 4 heteroatoms. The van der Waals surface area contributed by atoms with Gasteiger partial charge in [0.1, 0.15) is 5.82 Å². The number of benzene rings is 2. The largest absolute Gasteiger partial charge is 0.387 e. The third kappa shape index (κ3) is 3.25. The predicted molar refractivity (Wildman–Crippen MR) is 121 cm³/mol. The fourth-order valence-corrected chi connectivity index (χ4v) is 5.69. The fraction of sp³-hybridized carbons (Fsp3) is 0.370. The van der Waals surface area contributed by atoms with Crippen molar-refractivity contribution in [1.29, 1.82) is 0 Å². The molecule has 158 valence electrons. The summed E-state index contributed by atoms with van der Waals surface area (Å²) >= 11 is 0. The van der Waals surface area contributed by atoms with E-state index in [9.17, 15) is 9.50 Å². The van der Waals surface area contributed by atoms with Crippen LogP contribution in [0.2, 0.25) is 0 Å². The minimum absolute atomic E-state index is 0.149. The quantitative estimate of drug-likeness (QED) is 0.413. The Morgan fingerprint density at radius 1 is 0.839 bits per heavy atom. The number of hydrogen-bond donors (Lipinski definition) is 1. The number of pyridine rings is 1. The minimum atomic E-state index is -0.473. The Morgan fingerprint density at radius 3 is 2.29 bits per heavy atom. The molecule has 3 nitrogen and oxygen atoms in total. The molecule has 0 radical (unpaired) electrons. The molecule has 0 amide bonds. The van der Waals surface area contributed by atoms with E-state index in [1.807, 2.05) is 42.9 Å². The zero-order valence-electron chi connectivity index (χ0n) is 17.5. The zero-order valence-corrected chi connectivity index (χ0v) is 17.5. The van der Waals surface area contributed by atoms with Crippen molar-refractivity contribution in [1.82, 2.24) is 9.38 Å². The number of rotatable bonds is 4. The minimum Gasteiger partial charge on any atom is -0.387 e. The second kappa shape index (κ2) is 7.45. The van der Waals surface area contributed by atoms with Gasteiger partial charge in [0, 0.05) is 5.39 Å². The van der Waals surface area contributed by atoms with Gasteiger partial charge in [-0.25, -0.2) is 9.37 Å². The van der Waals surface area contributed by atoms with Crippen molar-refractivity contribution in [2.24, 2.45) is 5.92 Å². The molecule has 2 aliphatic carbocycles. The molecular formula is C27H27FN2O. The molecule has 31 heavy (non-hydrogen) atoms. The summed E-state index contributed by atoms with van der Waals surface area (Å²) in [5.74, 6) is 1.09. The van der Waals surface area contributed by atoms with Crippen LogP contribution in [0.1, 0.15) is 73.3 Å². The number of imidazole rings is 1. The van der Waals surface area contributed by atoms with E-state index in [0.717, 1.165) is 42.3 Å². The van der Waals surface area contributed by atoms with Crippen LogP contribution in [0.4, 0.5) is 4.39 Å². The summed E-state index contributed by atoms with van der Waals surface area (Å²) in [6.45, 7) is 0. The molecule has 2 saturated carbocycles. The van der Waals surface area contributed by atoms with Crippen molar-refractivity contribution in [2.45, 2.75) is 56.5 Å². The van der Waals surface area contributed by atoms with Crippen molar-refractivity contribution < 1.29 is 9.50 Å². The molecule has 0 bridgehead atoms. The average molecular weight is 415 g/mol. The Labute approximate surface area is 181 Å². The van der Waals surface area contributed by atoms with Crippen LogP contribution >= 0.6 is 0 Å². The van der Waals surface area contributed by atoms with Crippen LogP contribution in [0.15, 0.2) is 61.1 Å². The maximum Gasteiger partial charge on any atom is 0.131 e. The summed E-state index contributed by atoms with van der Waals surface area (Å²) in [6.07, 6.45) is 9.67. The lowest BCUT2D eigenvalue weighted by Crippen LogP contribution is -2.22. The summed E-state index contributed by atoms with van der Waals surface area (Å²) in [4.78, 5) is 4.32. The van der Waals surface area contributed by atoms with Crippen LogP contribution in [0, 0.1) is 11.7 Å². The SMILES string of the molecule is O[C@@H](c1c(C2CC2)ccc2cncn12)C1CCC(c2ccc(F)c3ccccc23)CC1. The smallest absolute Gasteiger partial charge is 0.131 e. The van der Waals surface area contributed by atoms with Gasteiger partial charge in [0.05, 0.1) is 29.8 Å². The van der Waals surface area contributed by atoms with Gasteiger partial charge in [-0.2, -0.15) is 0 Å². The summed E-state index contributed by atoms with van der Waals surface area (Å²) in [5.41, 5.74) is 4.64. The molecule has 2 heterocycles. The summed E-state index contributed by atoms with van der Waals surface area (Å²) < 4.78 is 16.4. The van der Waals surface area contributed by atoms with E-state index in [1.165, 1.54) is 24.0 Å². The van der Waals surface area contributed by atoms with Crippen molar-refractivity contribution in [2.75, 3.05) is 0 Å². The Balaban J connectivity index is 1.27. The maximum absolute atomic E-state index is 14.3. The van der Waals surface area contributed by atoms with E-state index in [0.29, 0.717) is 17.2 Å². The third-order valence-corrected chi connectivity index (χ3v) is 7.52. The highest BCUT2D eigenvalue weighted by Crippen LogP contribution is 2.47. The number of hydrogen-bond acceptors (Lipinski definition) is 2. The molecule has 0 saturated heterocycles. The van der Waals surface area contributed by atoms with Gasteiger partial charge < -0.3 is 9.51 Å². The summed E-state index contributed by atoms with van der Waals surface area (Å²) in [7, 11) is 0. The van der Waals surface area contributed by atoms with Crippen LogP contribution in [-0.4, -0.2) is 14.5 Å². The van der Waals surface area contributed by atoms with E-state index in [4.69, 9.17) is 0 Å². The van der Waals surface area contributed by atoms with E-state index < -0.39 is 6.10 Å². The van der Waals surface area contributed by atoms with E-state index >= 15 is 0 Å². The van der Waals surface area contributed by atoms with Gasteiger partial charge in [-0.1, -0.05) is 36.4 Å². The van der Waals surface area contributed by atoms with Gasteiger partial charge in [-0.15, -0.1) is 0 Å². The molecule has 4 aromatic rings. The predicted octanol–water partition coefficient (Wildman–Crippen LogP) is 6.51. The first-order chi connectivity index (χ1) is 15.2. The van der Waals surface area contributed by atoms with Gasteiger partial charge in [0.2, 0.25) is 0 Å². The van der Waals surface area contributed by atoms with Crippen molar-refractivity contribution >= 4 is 16.3 Å². The molecule has 0 aliphatic heterocycles. The lowest BCUT2D eigenvalue weighted by Gasteiger charge is -2.33. The molecule has 6 rings (SSSR count). The number of nitrogens with zero attached hydrogens (tertiary/aromatic N) is 2. The van der Waals surface area contributed by atoms with Crippen molar-refractivity contribution in [3.63, 3.8) is 0 Å². The maximum atomic E-state index is 14.3. The monoisotopic (exact) mass is 414 g/mol. The van der Waals surface area contributed by atoms with Crippen LogP contribution in [0.25, 0.3) is 16.3 Å². The summed E-state index contributed by atoms with van der Waals surface area (Å²) in [6, 6.07) is 15.7. The number of aromatic nitrogens is 2. The second-order valence-corrected chi connectivity index (χ2v) is 9.38. The molecule has 2 fully saturated rings. The van der Waals surface area contributed by atoms with Gasteiger partial charge in [-0.05, 0) is 84.9 Å². The first-order valence-corrected chi connectivity index (χ1v) is 11.5. The topological polar surface area (TPSA) is 37.5 Å². The van der Waals surface area contributed by atoms with Gasteiger partial charge in [0.25, 0.3) is 0 Å². The first-order valence-electron chi connectivity index (χ1n) is 11.5. The van der Waals surface area contributed by atoms with Crippen LogP contribution in [0.3, 0.4) is 0 Å². The molecule has 1 atom stereocenters. The van der Waals surface area contributed by atoms with Crippen molar-refractivity contribution in [3.8, 4) is 0 Å². The van der Waals surface area contributed by atoms with Crippen LogP contribution in [0.5, 0.6) is 0 Å². The fourth-order valence-electron chi connectivity index (χ4n) is 5.69. The number of aliphatic hydroxyl groups is 1. The molecule has 2 aromatic carbocycles. The van der Waals surface area contributed by atoms with Crippen molar-refractivity contribution in [3.05, 3.63) is 83.7 Å². The molecule has 2 aromatic heterocycles. The lowest BCUT2D eigenvalue weighted by molar-refractivity contribution is 0.0755. The normalized spacial score (nSPS) is 22.8. The van der Waals surface area contributed by atoms with Gasteiger partial charge in [-0.3, -0.25) is 0 Å². The number of fused-ring (bicyclic) bond motifs is 2.